The van der Waals surface area contributed by atoms with Gasteiger partial charge in [-0.05, 0) is 47.7 Å². The van der Waals surface area contributed by atoms with Crippen LogP contribution in [0.5, 0.6) is 5.75 Å². The van der Waals surface area contributed by atoms with E-state index in [0.29, 0.717) is 0 Å². The van der Waals surface area contributed by atoms with Crippen LogP contribution in [0.2, 0.25) is 0 Å². The lowest BCUT2D eigenvalue weighted by Gasteiger charge is -2.22. The molecule has 0 aliphatic carbocycles. The third-order valence-electron chi connectivity index (χ3n) is 5.16. The summed E-state index contributed by atoms with van der Waals surface area (Å²) in [7, 11) is 1.69. The topological polar surface area (TPSA) is 37.7 Å². The van der Waals surface area contributed by atoms with Gasteiger partial charge in [-0.15, -0.1) is 11.3 Å². The van der Waals surface area contributed by atoms with Gasteiger partial charge in [0.15, 0.2) is 0 Å². The third kappa shape index (κ3) is 4.13. The number of aromatic nitrogens is 1. The molecule has 1 fully saturated rings. The van der Waals surface area contributed by atoms with Crippen LogP contribution in [0.1, 0.15) is 21.7 Å². The number of methoxy groups -OCH3 is 1. The van der Waals surface area contributed by atoms with Crippen molar-refractivity contribution in [2.45, 2.75) is 13.0 Å². The number of hydrogen-bond acceptors (Lipinski definition) is 4. The Kier molecular flexibility index (Phi) is 5.78. The van der Waals surface area contributed by atoms with Crippen LogP contribution in [-0.2, 0) is 6.54 Å². The van der Waals surface area contributed by atoms with Crippen molar-refractivity contribution in [3.05, 3.63) is 70.7 Å². The molecule has 0 spiro atoms. The van der Waals surface area contributed by atoms with Crippen molar-refractivity contribution in [2.75, 3.05) is 33.3 Å². The summed E-state index contributed by atoms with van der Waals surface area (Å²) in [5.74, 6) is 1.02. The fourth-order valence-electron chi connectivity index (χ4n) is 3.63. The molecule has 5 nitrogen and oxygen atoms in total. The molecular formula is C22H25N3O2S. The Balaban J connectivity index is 1.40. The second-order valence-corrected chi connectivity index (χ2v) is 7.91. The van der Waals surface area contributed by atoms with Crippen LogP contribution in [0.15, 0.2) is 60.2 Å². The Morgan fingerprint density at radius 3 is 2.57 bits per heavy atom. The van der Waals surface area contributed by atoms with Crippen LogP contribution in [0.3, 0.4) is 0 Å². The average molecular weight is 396 g/mol. The maximum Gasteiger partial charge on any atom is 0.266 e. The van der Waals surface area contributed by atoms with E-state index in [1.54, 1.807) is 7.11 Å². The molecule has 4 rings (SSSR count). The van der Waals surface area contributed by atoms with Crippen molar-refractivity contribution in [3.8, 4) is 11.4 Å². The molecule has 0 saturated carbocycles. The highest BCUT2D eigenvalue weighted by Gasteiger charge is 2.23. The summed E-state index contributed by atoms with van der Waals surface area (Å²) in [6, 6.07) is 14.2. The van der Waals surface area contributed by atoms with Gasteiger partial charge in [0.1, 0.15) is 10.6 Å². The summed E-state index contributed by atoms with van der Waals surface area (Å²) >= 11 is 1.53. The van der Waals surface area contributed by atoms with Gasteiger partial charge in [0.25, 0.3) is 5.91 Å². The van der Waals surface area contributed by atoms with Crippen molar-refractivity contribution in [1.29, 1.82) is 0 Å². The first-order valence-electron chi connectivity index (χ1n) is 9.60. The van der Waals surface area contributed by atoms with Crippen LogP contribution < -0.4 is 4.74 Å². The Hall–Kier alpha value is -2.57. The van der Waals surface area contributed by atoms with E-state index in [0.717, 1.165) is 55.5 Å². The van der Waals surface area contributed by atoms with E-state index in [9.17, 15) is 4.79 Å². The summed E-state index contributed by atoms with van der Waals surface area (Å²) in [5.41, 5.74) is 2.24. The summed E-state index contributed by atoms with van der Waals surface area (Å²) in [5, 5.41) is 2.00. The Morgan fingerprint density at radius 1 is 1.04 bits per heavy atom. The molecule has 2 aromatic heterocycles. The number of rotatable bonds is 5. The SMILES string of the molecule is COc1ccc(CN2CCCN(C(=O)c3sccc3-n3cccc3)CC2)cc1. The minimum Gasteiger partial charge on any atom is -0.497 e. The molecule has 0 bridgehead atoms. The molecule has 1 aliphatic rings. The van der Waals surface area contributed by atoms with Gasteiger partial charge >= 0.3 is 0 Å². The van der Waals surface area contributed by atoms with E-state index in [1.165, 1.54) is 16.9 Å². The van der Waals surface area contributed by atoms with Crippen LogP contribution in [0.25, 0.3) is 5.69 Å². The first-order valence-corrected chi connectivity index (χ1v) is 10.5. The minimum absolute atomic E-state index is 0.144. The quantitative estimate of drug-likeness (QED) is 0.658. The van der Waals surface area contributed by atoms with Crippen molar-refractivity contribution >= 4 is 17.2 Å². The monoisotopic (exact) mass is 395 g/mol. The zero-order valence-corrected chi connectivity index (χ0v) is 16.9. The van der Waals surface area contributed by atoms with Gasteiger partial charge < -0.3 is 14.2 Å². The number of amides is 1. The molecule has 1 aromatic carbocycles. The molecule has 3 heterocycles. The fraction of sp³-hybridized carbons (Fsp3) is 0.318. The van der Waals surface area contributed by atoms with Crippen LogP contribution in [0.4, 0.5) is 0 Å². The van der Waals surface area contributed by atoms with E-state index in [-0.39, 0.29) is 5.91 Å². The Labute approximate surface area is 169 Å². The highest BCUT2D eigenvalue weighted by Crippen LogP contribution is 2.24. The van der Waals surface area contributed by atoms with Gasteiger partial charge in [-0.25, -0.2) is 0 Å². The van der Waals surface area contributed by atoms with Crippen LogP contribution in [0, 0.1) is 0 Å². The van der Waals surface area contributed by atoms with Gasteiger partial charge in [0, 0.05) is 45.1 Å². The Bertz CT molecular complexity index is 902. The average Bonchev–Trinajstić information content (AvgIpc) is 3.37. The number of hydrogen-bond donors (Lipinski definition) is 0. The number of thiophene rings is 1. The van der Waals surface area contributed by atoms with Crippen molar-refractivity contribution in [3.63, 3.8) is 0 Å². The van der Waals surface area contributed by atoms with E-state index in [4.69, 9.17) is 4.74 Å². The van der Waals surface area contributed by atoms with E-state index in [2.05, 4.69) is 17.0 Å². The molecule has 28 heavy (non-hydrogen) atoms. The third-order valence-corrected chi connectivity index (χ3v) is 6.05. The zero-order chi connectivity index (χ0) is 19.3. The molecule has 1 saturated heterocycles. The lowest BCUT2D eigenvalue weighted by molar-refractivity contribution is 0.0766. The predicted molar refractivity (Wildman–Crippen MR) is 112 cm³/mol. The minimum atomic E-state index is 0.144. The number of nitrogens with zero attached hydrogens (tertiary/aromatic N) is 3. The first-order chi connectivity index (χ1) is 13.7. The van der Waals surface area contributed by atoms with Crippen LogP contribution >= 0.6 is 11.3 Å². The van der Waals surface area contributed by atoms with Crippen LogP contribution in [-0.4, -0.2) is 53.6 Å². The van der Waals surface area contributed by atoms with Gasteiger partial charge in [0.2, 0.25) is 0 Å². The highest BCUT2D eigenvalue weighted by molar-refractivity contribution is 7.12. The molecule has 3 aromatic rings. The lowest BCUT2D eigenvalue weighted by atomic mass is 10.2. The smallest absolute Gasteiger partial charge is 0.266 e. The molecule has 0 atom stereocenters. The molecule has 0 N–H and O–H groups in total. The molecule has 1 aliphatic heterocycles. The summed E-state index contributed by atoms with van der Waals surface area (Å²) in [6.07, 6.45) is 4.96. The molecule has 6 heteroatoms. The molecule has 0 unspecified atom stereocenters. The van der Waals surface area contributed by atoms with E-state index >= 15 is 0 Å². The summed E-state index contributed by atoms with van der Waals surface area (Å²) in [4.78, 5) is 18.4. The number of carbonyl (C=O) groups excluding carboxylic acids is 1. The second-order valence-electron chi connectivity index (χ2n) is 7.00. The number of benzene rings is 1. The number of ether oxygens (including phenoxy) is 1. The maximum atomic E-state index is 13.2. The molecular weight excluding hydrogens is 370 g/mol. The predicted octanol–water partition coefficient (Wildman–Crippen LogP) is 3.90. The maximum absolute atomic E-state index is 13.2. The van der Waals surface area contributed by atoms with E-state index < -0.39 is 0 Å². The molecule has 1 amide bonds. The van der Waals surface area contributed by atoms with Crippen molar-refractivity contribution in [2.24, 2.45) is 0 Å². The Morgan fingerprint density at radius 2 is 1.82 bits per heavy atom. The standard InChI is InChI=1S/C22H25N3O2S/c1-27-19-7-5-18(6-8-19)17-23-10-4-13-25(15-14-23)22(26)21-20(9-16-28-21)24-11-2-3-12-24/h2-3,5-9,11-12,16H,4,10,13-15,17H2,1H3. The van der Waals surface area contributed by atoms with Crippen molar-refractivity contribution in [1.82, 2.24) is 14.4 Å². The normalized spacial score (nSPS) is 15.4. The van der Waals surface area contributed by atoms with Gasteiger partial charge in [0.05, 0.1) is 12.8 Å². The summed E-state index contributed by atoms with van der Waals surface area (Å²) in [6.45, 7) is 4.37. The first kappa shape index (κ1) is 18.8. The van der Waals surface area contributed by atoms with Crippen molar-refractivity contribution < 1.29 is 9.53 Å². The summed E-state index contributed by atoms with van der Waals surface area (Å²) < 4.78 is 7.24. The molecule has 0 radical (unpaired) electrons. The zero-order valence-electron chi connectivity index (χ0n) is 16.1. The fourth-order valence-corrected chi connectivity index (χ4v) is 4.48. The highest BCUT2D eigenvalue weighted by atomic mass is 32.1. The molecule has 146 valence electrons. The van der Waals surface area contributed by atoms with E-state index in [1.807, 2.05) is 57.6 Å². The lowest BCUT2D eigenvalue weighted by Crippen LogP contribution is -2.35. The second kappa shape index (κ2) is 8.63. The van der Waals surface area contributed by atoms with Gasteiger partial charge in [-0.1, -0.05) is 12.1 Å². The largest absolute Gasteiger partial charge is 0.497 e. The van der Waals surface area contributed by atoms with Gasteiger partial charge in [-0.3, -0.25) is 9.69 Å². The number of carbonyl (C=O) groups is 1. The van der Waals surface area contributed by atoms with Gasteiger partial charge in [-0.2, -0.15) is 0 Å².